The average molecular weight is 264 g/mol. The number of benzene rings is 1. The second-order valence-corrected chi connectivity index (χ2v) is 5.23. The third-order valence-corrected chi connectivity index (χ3v) is 4.07. The lowest BCUT2D eigenvalue weighted by Gasteiger charge is -2.25. The summed E-state index contributed by atoms with van der Waals surface area (Å²) in [5.41, 5.74) is 7.12. The summed E-state index contributed by atoms with van der Waals surface area (Å²) < 4.78 is 10.6. The molecular formula is C15H24N2O2. The van der Waals surface area contributed by atoms with Crippen LogP contribution in [-0.4, -0.2) is 38.3 Å². The van der Waals surface area contributed by atoms with Crippen molar-refractivity contribution in [3.63, 3.8) is 0 Å². The van der Waals surface area contributed by atoms with Crippen LogP contribution in [0.3, 0.4) is 0 Å². The number of hydrogen-bond donors (Lipinski definition) is 1. The molecule has 0 radical (unpaired) electrons. The monoisotopic (exact) mass is 264 g/mol. The van der Waals surface area contributed by atoms with Gasteiger partial charge in [-0.25, -0.2) is 0 Å². The Morgan fingerprint density at radius 3 is 2.63 bits per heavy atom. The molecule has 2 unspecified atom stereocenters. The van der Waals surface area contributed by atoms with Crippen LogP contribution in [0, 0.1) is 5.92 Å². The van der Waals surface area contributed by atoms with Gasteiger partial charge < -0.3 is 15.2 Å². The maximum absolute atomic E-state index is 5.88. The van der Waals surface area contributed by atoms with Crippen molar-refractivity contribution in [1.82, 2.24) is 4.90 Å². The van der Waals surface area contributed by atoms with E-state index in [2.05, 4.69) is 24.0 Å². The molecule has 1 fully saturated rings. The molecule has 0 bridgehead atoms. The summed E-state index contributed by atoms with van der Waals surface area (Å²) in [6.45, 7) is 5.06. The molecule has 2 N–H and O–H groups in total. The predicted molar refractivity (Wildman–Crippen MR) is 76.6 cm³/mol. The van der Waals surface area contributed by atoms with Crippen LogP contribution < -0.4 is 15.2 Å². The molecule has 1 aromatic carbocycles. The third-order valence-electron chi connectivity index (χ3n) is 4.07. The van der Waals surface area contributed by atoms with E-state index in [9.17, 15) is 0 Å². The molecule has 0 spiro atoms. The van der Waals surface area contributed by atoms with Gasteiger partial charge in [-0.15, -0.1) is 0 Å². The Balaban J connectivity index is 2.11. The molecule has 1 aromatic rings. The minimum absolute atomic E-state index is 0.494. The molecule has 1 saturated heterocycles. The number of hydrogen-bond acceptors (Lipinski definition) is 4. The minimum Gasteiger partial charge on any atom is -0.493 e. The first kappa shape index (κ1) is 14.2. The molecule has 106 valence electrons. The molecule has 1 heterocycles. The summed E-state index contributed by atoms with van der Waals surface area (Å²) in [5, 5.41) is 0. The van der Waals surface area contributed by atoms with Gasteiger partial charge in [0.2, 0.25) is 0 Å². The molecule has 1 aliphatic rings. The lowest BCUT2D eigenvalue weighted by molar-refractivity contribution is 0.228. The average Bonchev–Trinajstić information content (AvgIpc) is 2.78. The Morgan fingerprint density at radius 1 is 1.26 bits per heavy atom. The largest absolute Gasteiger partial charge is 0.493 e. The highest BCUT2D eigenvalue weighted by atomic mass is 16.5. The fourth-order valence-electron chi connectivity index (χ4n) is 2.88. The topological polar surface area (TPSA) is 47.7 Å². The highest BCUT2D eigenvalue weighted by Gasteiger charge is 2.29. The van der Waals surface area contributed by atoms with Gasteiger partial charge in [-0.1, -0.05) is 13.0 Å². The van der Waals surface area contributed by atoms with E-state index in [4.69, 9.17) is 15.2 Å². The van der Waals surface area contributed by atoms with Gasteiger partial charge in [0, 0.05) is 19.1 Å². The normalized spacial score (nSPS) is 23.6. The van der Waals surface area contributed by atoms with E-state index in [-0.39, 0.29) is 0 Å². The zero-order chi connectivity index (χ0) is 13.8. The second-order valence-electron chi connectivity index (χ2n) is 5.23. The summed E-state index contributed by atoms with van der Waals surface area (Å²) in [6.07, 6.45) is 1.23. The number of rotatable bonds is 5. The van der Waals surface area contributed by atoms with Crippen LogP contribution in [0.5, 0.6) is 11.5 Å². The van der Waals surface area contributed by atoms with Crippen molar-refractivity contribution in [3.05, 3.63) is 23.8 Å². The van der Waals surface area contributed by atoms with Gasteiger partial charge in [0.25, 0.3) is 0 Å². The smallest absolute Gasteiger partial charge is 0.161 e. The van der Waals surface area contributed by atoms with E-state index >= 15 is 0 Å². The molecular weight excluding hydrogens is 240 g/mol. The van der Waals surface area contributed by atoms with Gasteiger partial charge in [0.05, 0.1) is 14.2 Å². The molecule has 0 aliphatic carbocycles. The first-order valence-electron chi connectivity index (χ1n) is 6.84. The van der Waals surface area contributed by atoms with Crippen molar-refractivity contribution >= 4 is 0 Å². The van der Waals surface area contributed by atoms with Crippen molar-refractivity contribution in [2.45, 2.75) is 25.9 Å². The summed E-state index contributed by atoms with van der Waals surface area (Å²) in [4.78, 5) is 2.46. The van der Waals surface area contributed by atoms with Crippen molar-refractivity contribution < 1.29 is 9.47 Å². The highest BCUT2D eigenvalue weighted by molar-refractivity contribution is 5.42. The van der Waals surface area contributed by atoms with Crippen molar-refractivity contribution in [2.24, 2.45) is 11.7 Å². The molecule has 0 aromatic heterocycles. The van der Waals surface area contributed by atoms with Crippen molar-refractivity contribution in [2.75, 3.05) is 27.3 Å². The summed E-state index contributed by atoms with van der Waals surface area (Å²) in [7, 11) is 3.33. The lowest BCUT2D eigenvalue weighted by Crippen LogP contribution is -2.37. The van der Waals surface area contributed by atoms with E-state index in [1.807, 2.05) is 6.07 Å². The quantitative estimate of drug-likeness (QED) is 0.882. The van der Waals surface area contributed by atoms with Crippen LogP contribution in [-0.2, 0) is 6.54 Å². The van der Waals surface area contributed by atoms with Gasteiger partial charge in [0.1, 0.15) is 0 Å². The molecule has 0 amide bonds. The number of nitrogens with two attached hydrogens (primary N) is 1. The van der Waals surface area contributed by atoms with E-state index in [0.29, 0.717) is 12.0 Å². The number of likely N-dealkylation sites (tertiary alicyclic amines) is 1. The second kappa shape index (κ2) is 6.26. The minimum atomic E-state index is 0.494. The summed E-state index contributed by atoms with van der Waals surface area (Å²) >= 11 is 0. The number of ether oxygens (including phenoxy) is 2. The molecule has 4 heteroatoms. The Labute approximate surface area is 115 Å². The maximum Gasteiger partial charge on any atom is 0.161 e. The zero-order valence-electron chi connectivity index (χ0n) is 12.1. The fraction of sp³-hybridized carbons (Fsp3) is 0.600. The van der Waals surface area contributed by atoms with Gasteiger partial charge >= 0.3 is 0 Å². The number of nitrogens with zero attached hydrogens (tertiary/aromatic N) is 1. The fourth-order valence-corrected chi connectivity index (χ4v) is 2.88. The van der Waals surface area contributed by atoms with Gasteiger partial charge in [-0.05, 0) is 36.6 Å². The summed E-state index contributed by atoms with van der Waals surface area (Å²) in [6, 6.07) is 6.60. The van der Waals surface area contributed by atoms with Crippen molar-refractivity contribution in [3.8, 4) is 11.5 Å². The molecule has 4 nitrogen and oxygen atoms in total. The Bertz CT molecular complexity index is 423. The molecule has 1 aliphatic heterocycles. The predicted octanol–water partition coefficient (Wildman–Crippen LogP) is 1.87. The Kier molecular flexibility index (Phi) is 4.66. The first-order chi connectivity index (χ1) is 9.19. The Hall–Kier alpha value is -1.26. The van der Waals surface area contributed by atoms with Crippen LogP contribution in [0.4, 0.5) is 0 Å². The molecule has 0 saturated carbocycles. The van der Waals surface area contributed by atoms with Crippen LogP contribution in [0.15, 0.2) is 18.2 Å². The first-order valence-corrected chi connectivity index (χ1v) is 6.84. The van der Waals surface area contributed by atoms with E-state index in [1.54, 1.807) is 14.2 Å². The number of methoxy groups -OCH3 is 2. The van der Waals surface area contributed by atoms with Crippen LogP contribution >= 0.6 is 0 Å². The molecule has 2 rings (SSSR count). The molecule has 2 atom stereocenters. The molecule has 19 heavy (non-hydrogen) atoms. The van der Waals surface area contributed by atoms with Crippen molar-refractivity contribution in [1.29, 1.82) is 0 Å². The lowest BCUT2D eigenvalue weighted by atomic mass is 10.0. The van der Waals surface area contributed by atoms with E-state index in [0.717, 1.165) is 31.1 Å². The third kappa shape index (κ3) is 3.01. The van der Waals surface area contributed by atoms with E-state index in [1.165, 1.54) is 12.0 Å². The van der Waals surface area contributed by atoms with Gasteiger partial charge in [-0.2, -0.15) is 0 Å². The highest BCUT2D eigenvalue weighted by Crippen LogP contribution is 2.30. The van der Waals surface area contributed by atoms with Gasteiger partial charge in [-0.3, -0.25) is 4.90 Å². The van der Waals surface area contributed by atoms with E-state index < -0.39 is 0 Å². The van der Waals surface area contributed by atoms with Gasteiger partial charge in [0.15, 0.2) is 11.5 Å². The zero-order valence-corrected chi connectivity index (χ0v) is 12.1. The van der Waals surface area contributed by atoms with Crippen LogP contribution in [0.1, 0.15) is 18.9 Å². The standard InChI is InChI=1S/C15H24N2O2/c1-11-6-7-17(13(11)9-16)10-12-4-5-14(18-2)15(8-12)19-3/h4-5,8,11,13H,6-7,9-10,16H2,1-3H3. The Morgan fingerprint density at radius 2 is 2.00 bits per heavy atom. The van der Waals surface area contributed by atoms with Crippen LogP contribution in [0.25, 0.3) is 0 Å². The van der Waals surface area contributed by atoms with Crippen LogP contribution in [0.2, 0.25) is 0 Å². The summed E-state index contributed by atoms with van der Waals surface area (Å²) in [5.74, 6) is 2.25. The SMILES string of the molecule is COc1ccc(CN2CCC(C)C2CN)cc1OC. The maximum atomic E-state index is 5.88.